The molecule has 3 fully saturated rings. The van der Waals surface area contributed by atoms with Gasteiger partial charge in [0.2, 0.25) is 0 Å². The van der Waals surface area contributed by atoms with E-state index in [2.05, 4.69) is 58.7 Å². The van der Waals surface area contributed by atoms with Crippen molar-refractivity contribution in [3.63, 3.8) is 0 Å². The predicted octanol–water partition coefficient (Wildman–Crippen LogP) is 4.90. The molecule has 8 atom stereocenters. The van der Waals surface area contributed by atoms with E-state index >= 15 is 0 Å². The van der Waals surface area contributed by atoms with Crippen LogP contribution >= 0.6 is 0 Å². The molecule has 0 heterocycles. The van der Waals surface area contributed by atoms with Gasteiger partial charge in [-0.2, -0.15) is 0 Å². The second-order valence-corrected chi connectivity index (χ2v) is 17.0. The molecule has 8 heteroatoms. The Hall–Kier alpha value is -0.580. The molecule has 3 saturated carbocycles. The molecule has 49 heavy (non-hydrogen) atoms. The summed E-state index contributed by atoms with van der Waals surface area (Å²) in [5.41, 5.74) is 13.9. The highest BCUT2D eigenvalue weighted by Gasteiger charge is 2.59. The lowest BCUT2D eigenvalue weighted by atomic mass is 9.46. The van der Waals surface area contributed by atoms with E-state index in [0.29, 0.717) is 22.9 Å². The maximum Gasteiger partial charge on any atom is 0.0253 e. The van der Waals surface area contributed by atoms with Crippen LogP contribution in [0.3, 0.4) is 0 Å². The van der Waals surface area contributed by atoms with Crippen LogP contribution in [0.1, 0.15) is 124 Å². The lowest BCUT2D eigenvalue weighted by Crippen LogP contribution is -2.53. The topological polar surface area (TPSA) is 124 Å². The lowest BCUT2D eigenvalue weighted by molar-refractivity contribution is -0.0560. The van der Waals surface area contributed by atoms with Crippen LogP contribution in [-0.2, 0) is 0 Å². The number of rotatable bonds is 27. The SMILES string of the molecule is C[C@H](NCCCNCCCCNCCCN)[C@H]1CCC2C3CCC4=C[C@@H](NCCCNCCCCNCCCN)CC[C@]4(C)C3CC[C@@]21C. The van der Waals surface area contributed by atoms with Crippen molar-refractivity contribution in [3.8, 4) is 0 Å². The summed E-state index contributed by atoms with van der Waals surface area (Å²) in [7, 11) is 0. The van der Waals surface area contributed by atoms with Crippen molar-refractivity contribution in [3.05, 3.63) is 11.6 Å². The normalized spacial score (nSPS) is 31.6. The molecule has 0 aromatic heterocycles. The summed E-state index contributed by atoms with van der Waals surface area (Å²) in [6, 6.07) is 1.21. The zero-order chi connectivity index (χ0) is 34.8. The second-order valence-electron chi connectivity index (χ2n) is 17.0. The highest BCUT2D eigenvalue weighted by atomic mass is 14.9. The third-order valence-electron chi connectivity index (χ3n) is 13.8. The fourth-order valence-corrected chi connectivity index (χ4v) is 10.9. The quantitative estimate of drug-likeness (QED) is 0.0454. The fraction of sp³-hybridized carbons (Fsp3) is 0.951. The maximum absolute atomic E-state index is 5.56. The van der Waals surface area contributed by atoms with Gasteiger partial charge in [-0.1, -0.05) is 25.5 Å². The van der Waals surface area contributed by atoms with E-state index in [-0.39, 0.29) is 0 Å². The monoisotopic (exact) mass is 687 g/mol. The lowest BCUT2D eigenvalue weighted by Gasteiger charge is -2.59. The zero-order valence-corrected chi connectivity index (χ0v) is 32.5. The molecule has 0 spiro atoms. The molecule has 4 aliphatic carbocycles. The Morgan fingerprint density at radius 2 is 1.20 bits per heavy atom. The summed E-state index contributed by atoms with van der Waals surface area (Å²) < 4.78 is 0. The number of nitrogens with two attached hydrogens (primary N) is 2. The molecule has 286 valence electrons. The first-order valence-electron chi connectivity index (χ1n) is 21.3. The van der Waals surface area contributed by atoms with E-state index < -0.39 is 0 Å². The average molecular weight is 687 g/mol. The number of fused-ring (bicyclic) bond motifs is 5. The van der Waals surface area contributed by atoms with Crippen LogP contribution in [0.4, 0.5) is 0 Å². The van der Waals surface area contributed by atoms with Gasteiger partial charge in [0.1, 0.15) is 0 Å². The van der Waals surface area contributed by atoms with E-state index in [1.165, 1.54) is 89.9 Å². The van der Waals surface area contributed by atoms with Crippen molar-refractivity contribution in [2.24, 2.45) is 46.0 Å². The van der Waals surface area contributed by atoms with Crippen LogP contribution in [-0.4, -0.2) is 90.6 Å². The van der Waals surface area contributed by atoms with E-state index in [1.54, 1.807) is 0 Å². The molecular formula is C41H82N8. The summed E-state index contributed by atoms with van der Waals surface area (Å²) in [6.07, 6.45) is 23.6. The Labute approximate surface area is 303 Å². The molecule has 8 nitrogen and oxygen atoms in total. The Kier molecular flexibility index (Phi) is 18.9. The van der Waals surface area contributed by atoms with Gasteiger partial charge in [-0.3, -0.25) is 0 Å². The van der Waals surface area contributed by atoms with Gasteiger partial charge in [-0.15, -0.1) is 0 Å². The smallest absolute Gasteiger partial charge is 0.0253 e. The summed E-state index contributed by atoms with van der Waals surface area (Å²) >= 11 is 0. The molecule has 0 aliphatic heterocycles. The zero-order valence-electron chi connectivity index (χ0n) is 32.5. The molecule has 0 amide bonds. The van der Waals surface area contributed by atoms with Gasteiger partial charge in [-0.25, -0.2) is 0 Å². The van der Waals surface area contributed by atoms with Gasteiger partial charge in [0.05, 0.1) is 0 Å². The summed E-state index contributed by atoms with van der Waals surface area (Å²) in [4.78, 5) is 0. The standard InChI is InChI=1S/C41H82N8/c1-33(48-30-10-28-46-24-6-4-22-44-26-8-20-42)37-14-15-38-36-13-12-34-32-35(16-18-40(34,2)39(36)17-19-41(37,38)3)49-31-11-29-47-25-7-5-23-45-27-9-21-43/h32-33,35-39,44-49H,4-31,42-43H2,1-3H3/t33-,35-,36?,37+,38?,39?,40-,41+/m0/s1. The first-order chi connectivity index (χ1) is 23.9. The van der Waals surface area contributed by atoms with Crippen LogP contribution in [0.2, 0.25) is 0 Å². The highest BCUT2D eigenvalue weighted by Crippen LogP contribution is 2.67. The molecule has 10 N–H and O–H groups in total. The molecule has 0 saturated heterocycles. The van der Waals surface area contributed by atoms with Crippen LogP contribution in [0, 0.1) is 34.5 Å². The minimum absolute atomic E-state index is 0.444. The van der Waals surface area contributed by atoms with Crippen molar-refractivity contribution in [2.45, 2.75) is 136 Å². The number of hydrogen-bond acceptors (Lipinski definition) is 8. The van der Waals surface area contributed by atoms with Crippen LogP contribution in [0.25, 0.3) is 0 Å². The first kappa shape index (κ1) is 41.2. The minimum Gasteiger partial charge on any atom is -0.330 e. The second kappa shape index (κ2) is 22.5. The van der Waals surface area contributed by atoms with Crippen molar-refractivity contribution >= 4 is 0 Å². The summed E-state index contributed by atoms with van der Waals surface area (Å²) in [5, 5.41) is 22.2. The van der Waals surface area contributed by atoms with E-state index in [4.69, 9.17) is 11.5 Å². The van der Waals surface area contributed by atoms with Crippen LogP contribution in [0.5, 0.6) is 0 Å². The fourth-order valence-electron chi connectivity index (χ4n) is 10.9. The van der Waals surface area contributed by atoms with Crippen molar-refractivity contribution in [2.75, 3.05) is 78.5 Å². The van der Waals surface area contributed by atoms with Gasteiger partial charge in [0, 0.05) is 12.1 Å². The van der Waals surface area contributed by atoms with Gasteiger partial charge in [0.15, 0.2) is 0 Å². The van der Waals surface area contributed by atoms with Crippen molar-refractivity contribution in [1.82, 2.24) is 31.9 Å². The number of allylic oxidation sites excluding steroid dienone is 1. The van der Waals surface area contributed by atoms with E-state index in [1.807, 2.05) is 5.57 Å². The summed E-state index contributed by atoms with van der Waals surface area (Å²) in [6.45, 7) is 20.6. The van der Waals surface area contributed by atoms with Crippen LogP contribution in [0.15, 0.2) is 11.6 Å². The third-order valence-corrected chi connectivity index (χ3v) is 13.8. The Morgan fingerprint density at radius 1 is 0.633 bits per heavy atom. The molecule has 4 rings (SSSR count). The van der Waals surface area contributed by atoms with Crippen molar-refractivity contribution < 1.29 is 0 Å². The molecule has 0 aromatic rings. The largest absolute Gasteiger partial charge is 0.330 e. The summed E-state index contributed by atoms with van der Waals surface area (Å²) in [5.74, 6) is 3.61. The number of unbranched alkanes of at least 4 members (excludes halogenated alkanes) is 2. The average Bonchev–Trinajstić information content (AvgIpc) is 3.46. The predicted molar refractivity (Wildman–Crippen MR) is 211 cm³/mol. The van der Waals surface area contributed by atoms with Gasteiger partial charge < -0.3 is 43.4 Å². The third kappa shape index (κ3) is 12.2. The highest BCUT2D eigenvalue weighted by molar-refractivity contribution is 5.26. The molecular weight excluding hydrogens is 605 g/mol. The Bertz CT molecular complexity index is 914. The minimum atomic E-state index is 0.444. The molecule has 4 aliphatic rings. The number of nitrogens with one attached hydrogen (secondary N) is 6. The molecule has 0 aromatic carbocycles. The van der Waals surface area contributed by atoms with Crippen LogP contribution < -0.4 is 43.4 Å². The van der Waals surface area contributed by atoms with Gasteiger partial charge in [0.25, 0.3) is 0 Å². The van der Waals surface area contributed by atoms with Gasteiger partial charge >= 0.3 is 0 Å². The van der Waals surface area contributed by atoms with E-state index in [0.717, 1.165) is 115 Å². The maximum atomic E-state index is 5.56. The first-order valence-corrected chi connectivity index (χ1v) is 21.3. The molecule has 3 unspecified atom stereocenters. The van der Waals surface area contributed by atoms with Crippen molar-refractivity contribution in [1.29, 1.82) is 0 Å². The van der Waals surface area contributed by atoms with E-state index in [9.17, 15) is 0 Å². The Balaban J connectivity index is 1.11. The molecule has 0 bridgehead atoms. The van der Waals surface area contributed by atoms with Gasteiger partial charge in [-0.05, 0) is 223 Å². The number of hydrogen-bond donors (Lipinski definition) is 8. The Morgan fingerprint density at radius 3 is 1.82 bits per heavy atom. The molecule has 0 radical (unpaired) electrons.